The second-order valence-corrected chi connectivity index (χ2v) is 8.25. The van der Waals surface area contributed by atoms with Crippen LogP contribution < -0.4 is 21.1 Å². The van der Waals surface area contributed by atoms with Gasteiger partial charge in [-0.1, -0.05) is 24.3 Å². The maximum absolute atomic E-state index is 13.6. The lowest BCUT2D eigenvalue weighted by Gasteiger charge is -2.16. The van der Waals surface area contributed by atoms with Crippen LogP contribution in [0.25, 0.3) is 22.0 Å². The van der Waals surface area contributed by atoms with Gasteiger partial charge in [0.2, 0.25) is 11.8 Å². The number of carbonyl (C=O) groups excluding carboxylic acids is 2. The molecule has 172 valence electrons. The van der Waals surface area contributed by atoms with Gasteiger partial charge in [-0.15, -0.1) is 0 Å². The molecule has 1 heterocycles. The first-order valence-electron chi connectivity index (χ1n) is 10.7. The minimum atomic E-state index is -1.16. The smallest absolute Gasteiger partial charge is 0.240 e. The number of halogens is 1. The molecule has 3 aromatic carbocycles. The number of methoxy groups -OCH3 is 1. The van der Waals surface area contributed by atoms with Crippen molar-refractivity contribution in [2.45, 2.75) is 12.8 Å². The Balaban J connectivity index is 1.30. The summed E-state index contributed by atoms with van der Waals surface area (Å²) in [6.45, 7) is 0. The summed E-state index contributed by atoms with van der Waals surface area (Å²) < 4.78 is 18.6. The number of hydrogen-bond acceptors (Lipinski definition) is 5. The minimum absolute atomic E-state index is 0.0139. The molecule has 5 rings (SSSR count). The van der Waals surface area contributed by atoms with Gasteiger partial charge in [0.25, 0.3) is 0 Å². The molecule has 5 N–H and O–H groups in total. The number of rotatable bonds is 6. The van der Waals surface area contributed by atoms with E-state index in [0.717, 1.165) is 22.0 Å². The number of amides is 2. The third-order valence-corrected chi connectivity index (χ3v) is 6.10. The molecule has 1 aliphatic rings. The molecule has 0 bridgehead atoms. The molecule has 9 heteroatoms. The van der Waals surface area contributed by atoms with Crippen molar-refractivity contribution in [1.29, 1.82) is 0 Å². The van der Waals surface area contributed by atoms with E-state index in [9.17, 15) is 14.0 Å². The number of carbonyl (C=O) groups is 2. The predicted octanol–water partition coefficient (Wildman–Crippen LogP) is 4.32. The molecule has 1 aromatic heterocycles. The number of anilines is 3. The van der Waals surface area contributed by atoms with Gasteiger partial charge >= 0.3 is 0 Å². The van der Waals surface area contributed by atoms with Gasteiger partial charge in [0, 0.05) is 17.4 Å². The van der Waals surface area contributed by atoms with Crippen LogP contribution in [0.15, 0.2) is 60.7 Å². The number of nitrogens with two attached hydrogens (primary N) is 1. The lowest BCUT2D eigenvalue weighted by molar-refractivity contribution is -0.131. The van der Waals surface area contributed by atoms with E-state index < -0.39 is 17.1 Å². The van der Waals surface area contributed by atoms with Crippen molar-refractivity contribution < 1.29 is 18.7 Å². The summed E-state index contributed by atoms with van der Waals surface area (Å²) in [5.74, 6) is -0.914. The number of ether oxygens (including phenoxy) is 1. The SMILES string of the molecule is COc1cc(NC(=O)C2(C(=O)Nc3ccc(-c4cccc5[nH]nc(N)c45)cc3)CC2)ccc1F. The third kappa shape index (κ3) is 3.71. The normalized spacial score (nSPS) is 13.9. The van der Waals surface area contributed by atoms with Crippen LogP contribution in [0.3, 0.4) is 0 Å². The highest BCUT2D eigenvalue weighted by Crippen LogP contribution is 2.47. The number of fused-ring (bicyclic) bond motifs is 1. The zero-order chi connectivity index (χ0) is 23.9. The summed E-state index contributed by atoms with van der Waals surface area (Å²) in [5.41, 5.74) is 8.47. The lowest BCUT2D eigenvalue weighted by atomic mass is 10.0. The van der Waals surface area contributed by atoms with Gasteiger partial charge in [-0.05, 0) is 54.3 Å². The van der Waals surface area contributed by atoms with Gasteiger partial charge in [-0.3, -0.25) is 14.7 Å². The van der Waals surface area contributed by atoms with E-state index >= 15 is 0 Å². The fraction of sp³-hybridized carbons (Fsp3) is 0.160. The van der Waals surface area contributed by atoms with Crippen molar-refractivity contribution in [1.82, 2.24) is 10.2 Å². The Morgan fingerprint density at radius 3 is 2.38 bits per heavy atom. The predicted molar refractivity (Wildman–Crippen MR) is 128 cm³/mol. The zero-order valence-electron chi connectivity index (χ0n) is 18.3. The number of aromatic nitrogens is 2. The fourth-order valence-electron chi connectivity index (χ4n) is 3.99. The third-order valence-electron chi connectivity index (χ3n) is 6.10. The van der Waals surface area contributed by atoms with E-state index in [4.69, 9.17) is 10.5 Å². The molecule has 0 atom stereocenters. The van der Waals surface area contributed by atoms with Crippen molar-refractivity contribution in [3.63, 3.8) is 0 Å². The van der Waals surface area contributed by atoms with E-state index in [1.165, 1.54) is 25.3 Å². The van der Waals surface area contributed by atoms with Gasteiger partial charge in [-0.25, -0.2) is 4.39 Å². The van der Waals surface area contributed by atoms with Crippen molar-refractivity contribution in [2.75, 3.05) is 23.5 Å². The second-order valence-electron chi connectivity index (χ2n) is 8.25. The summed E-state index contributed by atoms with van der Waals surface area (Å²) in [6.07, 6.45) is 0.867. The quantitative estimate of drug-likeness (QED) is 0.320. The molecule has 1 fully saturated rings. The number of nitrogens with zero attached hydrogens (tertiary/aromatic N) is 1. The number of benzene rings is 3. The molecule has 34 heavy (non-hydrogen) atoms. The number of H-pyrrole nitrogens is 1. The summed E-state index contributed by atoms with van der Waals surface area (Å²) in [4.78, 5) is 25.8. The molecular weight excluding hydrogens is 437 g/mol. The van der Waals surface area contributed by atoms with Crippen LogP contribution in [0, 0.1) is 11.2 Å². The minimum Gasteiger partial charge on any atom is -0.494 e. The molecule has 2 amide bonds. The summed E-state index contributed by atoms with van der Waals surface area (Å²) in [6, 6.07) is 17.1. The Morgan fingerprint density at radius 1 is 1.03 bits per heavy atom. The fourth-order valence-corrected chi connectivity index (χ4v) is 3.99. The topological polar surface area (TPSA) is 122 Å². The monoisotopic (exact) mass is 459 g/mol. The van der Waals surface area contributed by atoms with Gasteiger partial charge < -0.3 is 21.1 Å². The molecule has 0 radical (unpaired) electrons. The standard InChI is InChI=1S/C25H22FN5O3/c1-34-20-13-16(9-10-18(20)26)29-24(33)25(11-12-25)23(32)28-15-7-5-14(6-8-15)17-3-2-4-19-21(17)22(27)31-30-19/h2-10,13H,11-12H2,1H3,(H,28,32)(H,29,33)(H3,27,30,31). The first kappa shape index (κ1) is 21.4. The Morgan fingerprint density at radius 2 is 1.71 bits per heavy atom. The lowest BCUT2D eigenvalue weighted by Crippen LogP contribution is -2.35. The summed E-state index contributed by atoms with van der Waals surface area (Å²) in [5, 5.41) is 13.3. The van der Waals surface area contributed by atoms with E-state index in [0.29, 0.717) is 30.0 Å². The first-order chi connectivity index (χ1) is 16.4. The van der Waals surface area contributed by atoms with Crippen LogP contribution >= 0.6 is 0 Å². The van der Waals surface area contributed by atoms with Crippen LogP contribution in [-0.4, -0.2) is 29.1 Å². The largest absolute Gasteiger partial charge is 0.494 e. The molecule has 4 aromatic rings. The highest BCUT2D eigenvalue weighted by molar-refractivity contribution is 6.17. The van der Waals surface area contributed by atoms with Crippen molar-refractivity contribution in [2.24, 2.45) is 5.41 Å². The Hall–Kier alpha value is -4.40. The van der Waals surface area contributed by atoms with Gasteiger partial charge in [0.1, 0.15) is 5.41 Å². The van der Waals surface area contributed by atoms with Gasteiger partial charge in [0.15, 0.2) is 17.4 Å². The van der Waals surface area contributed by atoms with Crippen molar-refractivity contribution >= 4 is 39.9 Å². The van der Waals surface area contributed by atoms with Crippen LogP contribution in [-0.2, 0) is 9.59 Å². The number of hydrogen-bond donors (Lipinski definition) is 4. The van der Waals surface area contributed by atoms with Crippen LogP contribution in [0.2, 0.25) is 0 Å². The van der Waals surface area contributed by atoms with Crippen LogP contribution in [0.5, 0.6) is 5.75 Å². The molecule has 0 saturated heterocycles. The number of nitrogen functional groups attached to an aromatic ring is 1. The molecule has 0 spiro atoms. The maximum atomic E-state index is 13.6. The molecule has 0 unspecified atom stereocenters. The Kier molecular flexibility index (Phi) is 5.16. The molecular formula is C25H22FN5O3. The average molecular weight is 459 g/mol. The van der Waals surface area contributed by atoms with E-state index in [1.54, 1.807) is 12.1 Å². The Labute approximate surface area is 194 Å². The maximum Gasteiger partial charge on any atom is 0.240 e. The van der Waals surface area contributed by atoms with Crippen molar-refractivity contribution in [3.05, 3.63) is 66.5 Å². The number of aromatic amines is 1. The van der Waals surface area contributed by atoms with Crippen LogP contribution in [0.4, 0.5) is 21.6 Å². The summed E-state index contributed by atoms with van der Waals surface area (Å²) >= 11 is 0. The second kappa shape index (κ2) is 8.18. The molecule has 1 saturated carbocycles. The zero-order valence-corrected chi connectivity index (χ0v) is 18.3. The number of nitrogens with one attached hydrogen (secondary N) is 3. The molecule has 1 aliphatic carbocycles. The Bertz CT molecular complexity index is 1410. The molecule has 8 nitrogen and oxygen atoms in total. The first-order valence-corrected chi connectivity index (χ1v) is 10.7. The highest BCUT2D eigenvalue weighted by atomic mass is 19.1. The van der Waals surface area contributed by atoms with E-state index in [-0.39, 0.29) is 11.7 Å². The van der Waals surface area contributed by atoms with E-state index in [1.807, 2.05) is 30.3 Å². The van der Waals surface area contributed by atoms with Crippen LogP contribution in [0.1, 0.15) is 12.8 Å². The highest BCUT2D eigenvalue weighted by Gasteiger charge is 2.56. The van der Waals surface area contributed by atoms with Gasteiger partial charge in [-0.2, -0.15) is 5.10 Å². The van der Waals surface area contributed by atoms with Crippen molar-refractivity contribution in [3.8, 4) is 16.9 Å². The van der Waals surface area contributed by atoms with Gasteiger partial charge in [0.05, 0.1) is 18.0 Å². The van der Waals surface area contributed by atoms with E-state index in [2.05, 4.69) is 20.8 Å². The average Bonchev–Trinajstić information content (AvgIpc) is 3.58. The molecule has 0 aliphatic heterocycles. The summed E-state index contributed by atoms with van der Waals surface area (Å²) in [7, 11) is 1.34.